The molecule has 1 atom stereocenters. The molecular weight excluding hydrogens is 279 g/mol. The maximum Gasteiger partial charge on any atom is 0.501 e. The number of para-hydroxylation sites is 1. The van der Waals surface area contributed by atoms with Gasteiger partial charge in [0.15, 0.2) is 0 Å². The van der Waals surface area contributed by atoms with Gasteiger partial charge in [-0.25, -0.2) is 8.42 Å². The van der Waals surface area contributed by atoms with Crippen molar-refractivity contribution < 1.29 is 21.6 Å². The molecular formula is C12H14F3NO2S. The molecule has 0 aromatic heterocycles. The maximum absolute atomic E-state index is 12.6. The average Bonchev–Trinajstić information content (AvgIpc) is 2.85. The van der Waals surface area contributed by atoms with Crippen LogP contribution in [0, 0.1) is 5.41 Å². The first-order valence-electron chi connectivity index (χ1n) is 5.73. The van der Waals surface area contributed by atoms with E-state index in [0.29, 0.717) is 0 Å². The van der Waals surface area contributed by atoms with Crippen molar-refractivity contribution >= 4 is 15.5 Å². The molecule has 0 bridgehead atoms. The van der Waals surface area contributed by atoms with Gasteiger partial charge < -0.3 is 5.32 Å². The van der Waals surface area contributed by atoms with Crippen LogP contribution in [0.1, 0.15) is 20.3 Å². The molecule has 1 unspecified atom stereocenters. The number of alkyl halides is 3. The van der Waals surface area contributed by atoms with Gasteiger partial charge in [-0.1, -0.05) is 26.0 Å². The average molecular weight is 293 g/mol. The van der Waals surface area contributed by atoms with Crippen LogP contribution in [0.3, 0.4) is 0 Å². The Hall–Kier alpha value is -1.24. The van der Waals surface area contributed by atoms with E-state index in [-0.39, 0.29) is 17.1 Å². The highest BCUT2D eigenvalue weighted by atomic mass is 32.2. The van der Waals surface area contributed by atoms with Crippen LogP contribution in [0.15, 0.2) is 29.2 Å². The van der Waals surface area contributed by atoms with Gasteiger partial charge in [0.25, 0.3) is 9.84 Å². The Bertz CT molecular complexity index is 593. The Morgan fingerprint density at radius 2 is 1.79 bits per heavy atom. The van der Waals surface area contributed by atoms with E-state index >= 15 is 0 Å². The lowest BCUT2D eigenvalue weighted by Gasteiger charge is -2.15. The molecule has 0 heterocycles. The van der Waals surface area contributed by atoms with Crippen molar-refractivity contribution in [3.05, 3.63) is 24.3 Å². The van der Waals surface area contributed by atoms with Crippen LogP contribution in [0.2, 0.25) is 0 Å². The molecule has 1 saturated carbocycles. The Kier molecular flexibility index (Phi) is 3.08. The van der Waals surface area contributed by atoms with E-state index in [1.807, 2.05) is 13.8 Å². The largest absolute Gasteiger partial charge is 0.501 e. The Morgan fingerprint density at radius 3 is 2.26 bits per heavy atom. The fraction of sp³-hybridized carbons (Fsp3) is 0.500. The Labute approximate surface area is 109 Å². The smallest absolute Gasteiger partial charge is 0.381 e. The van der Waals surface area contributed by atoms with Crippen LogP contribution in [0.5, 0.6) is 0 Å². The molecule has 1 aliphatic rings. The van der Waals surface area contributed by atoms with Gasteiger partial charge in [-0.05, 0) is 24.0 Å². The first-order valence-corrected chi connectivity index (χ1v) is 7.21. The fourth-order valence-corrected chi connectivity index (χ4v) is 2.77. The third kappa shape index (κ3) is 2.56. The van der Waals surface area contributed by atoms with Crippen molar-refractivity contribution in [2.75, 3.05) is 5.32 Å². The molecule has 0 aliphatic heterocycles. The fourth-order valence-electron chi connectivity index (χ4n) is 1.85. The molecule has 3 nitrogen and oxygen atoms in total. The summed E-state index contributed by atoms with van der Waals surface area (Å²) in [7, 11) is -5.32. The molecule has 7 heteroatoms. The van der Waals surface area contributed by atoms with Gasteiger partial charge in [0, 0.05) is 6.04 Å². The first-order chi connectivity index (χ1) is 8.56. The number of anilines is 1. The first kappa shape index (κ1) is 14.2. The van der Waals surface area contributed by atoms with Crippen LogP contribution >= 0.6 is 0 Å². The van der Waals surface area contributed by atoms with Crippen LogP contribution in [-0.4, -0.2) is 20.0 Å². The van der Waals surface area contributed by atoms with Crippen LogP contribution < -0.4 is 5.32 Å². The Balaban J connectivity index is 2.38. The van der Waals surface area contributed by atoms with E-state index in [9.17, 15) is 21.6 Å². The molecule has 106 valence electrons. The summed E-state index contributed by atoms with van der Waals surface area (Å²) in [5, 5.41) is 2.87. The monoisotopic (exact) mass is 293 g/mol. The zero-order valence-electron chi connectivity index (χ0n) is 10.5. The maximum atomic E-state index is 12.6. The van der Waals surface area contributed by atoms with Gasteiger partial charge in [0.2, 0.25) is 0 Å². The third-order valence-electron chi connectivity index (χ3n) is 3.32. The van der Waals surface area contributed by atoms with Gasteiger partial charge in [0.05, 0.1) is 10.6 Å². The van der Waals surface area contributed by atoms with Crippen molar-refractivity contribution in [1.29, 1.82) is 0 Å². The number of benzene rings is 1. The van der Waals surface area contributed by atoms with Crippen LogP contribution in [-0.2, 0) is 9.84 Å². The molecule has 1 fully saturated rings. The van der Waals surface area contributed by atoms with E-state index in [1.54, 1.807) is 0 Å². The summed E-state index contributed by atoms with van der Waals surface area (Å²) in [6.07, 6.45) is 0.799. The van der Waals surface area contributed by atoms with Gasteiger partial charge in [-0.2, -0.15) is 13.2 Å². The van der Waals surface area contributed by atoms with Gasteiger partial charge in [0.1, 0.15) is 0 Å². The van der Waals surface area contributed by atoms with E-state index in [1.165, 1.54) is 18.2 Å². The zero-order valence-corrected chi connectivity index (χ0v) is 11.3. The molecule has 1 aromatic rings. The van der Waals surface area contributed by atoms with Gasteiger partial charge >= 0.3 is 5.51 Å². The molecule has 0 spiro atoms. The van der Waals surface area contributed by atoms with Crippen molar-refractivity contribution in [1.82, 2.24) is 0 Å². The second kappa shape index (κ2) is 4.13. The molecule has 0 radical (unpaired) electrons. The second-order valence-electron chi connectivity index (χ2n) is 5.33. The van der Waals surface area contributed by atoms with E-state index in [4.69, 9.17) is 0 Å². The summed E-state index contributed by atoms with van der Waals surface area (Å²) in [6.45, 7) is 3.93. The minimum Gasteiger partial charge on any atom is -0.381 e. The van der Waals surface area contributed by atoms with Crippen molar-refractivity contribution in [2.45, 2.75) is 36.7 Å². The molecule has 0 saturated heterocycles. The predicted molar refractivity (Wildman–Crippen MR) is 65.5 cm³/mol. The number of rotatable bonds is 3. The number of hydrogen-bond donors (Lipinski definition) is 1. The minimum absolute atomic E-state index is 0.00270. The standard InChI is InChI=1S/C12H14F3NO2S/c1-11(2)7-10(11)16-8-5-3-4-6-9(8)19(17,18)12(13,14)15/h3-6,10,16H,7H2,1-2H3. The van der Waals surface area contributed by atoms with E-state index in [0.717, 1.165) is 12.5 Å². The van der Waals surface area contributed by atoms with Crippen molar-refractivity contribution in [2.24, 2.45) is 5.41 Å². The number of nitrogens with one attached hydrogen (secondary N) is 1. The summed E-state index contributed by atoms with van der Waals surface area (Å²) < 4.78 is 60.7. The lowest BCUT2D eigenvalue weighted by molar-refractivity contribution is -0.0435. The summed E-state index contributed by atoms with van der Waals surface area (Å²) in [5.74, 6) is 0. The zero-order chi connectivity index (χ0) is 14.5. The van der Waals surface area contributed by atoms with Crippen molar-refractivity contribution in [3.8, 4) is 0 Å². The lowest BCUT2D eigenvalue weighted by Crippen LogP contribution is -2.24. The molecule has 1 aliphatic carbocycles. The summed E-state index contributed by atoms with van der Waals surface area (Å²) >= 11 is 0. The summed E-state index contributed by atoms with van der Waals surface area (Å²) in [6, 6.07) is 5.11. The van der Waals surface area contributed by atoms with Crippen LogP contribution in [0.4, 0.5) is 18.9 Å². The topological polar surface area (TPSA) is 46.2 Å². The Morgan fingerprint density at radius 1 is 1.26 bits per heavy atom. The number of halogens is 3. The van der Waals surface area contributed by atoms with Gasteiger partial charge in [-0.3, -0.25) is 0 Å². The number of sulfone groups is 1. The third-order valence-corrected chi connectivity index (χ3v) is 4.87. The van der Waals surface area contributed by atoms with E-state index < -0.39 is 20.2 Å². The number of hydrogen-bond acceptors (Lipinski definition) is 3. The summed E-state index contributed by atoms with van der Waals surface area (Å²) in [5.41, 5.74) is -5.30. The highest BCUT2D eigenvalue weighted by Gasteiger charge is 2.50. The minimum atomic E-state index is -5.32. The quantitative estimate of drug-likeness (QED) is 0.931. The molecule has 1 aromatic carbocycles. The molecule has 0 amide bonds. The van der Waals surface area contributed by atoms with Gasteiger partial charge in [-0.15, -0.1) is 0 Å². The summed E-state index contributed by atoms with van der Waals surface area (Å²) in [4.78, 5) is -0.717. The predicted octanol–water partition coefficient (Wildman–Crippen LogP) is 3.19. The SMILES string of the molecule is CC1(C)CC1Nc1ccccc1S(=O)(=O)C(F)(F)F. The normalized spacial score (nSPS) is 22.1. The molecule has 2 rings (SSSR count). The highest BCUT2D eigenvalue weighted by Crippen LogP contribution is 2.47. The van der Waals surface area contributed by atoms with E-state index in [2.05, 4.69) is 5.32 Å². The van der Waals surface area contributed by atoms with Crippen molar-refractivity contribution in [3.63, 3.8) is 0 Å². The second-order valence-corrected chi connectivity index (χ2v) is 7.24. The molecule has 1 N–H and O–H groups in total. The highest BCUT2D eigenvalue weighted by molar-refractivity contribution is 7.92. The molecule has 19 heavy (non-hydrogen) atoms. The lowest BCUT2D eigenvalue weighted by atomic mass is 10.2. The van der Waals surface area contributed by atoms with Crippen LogP contribution in [0.25, 0.3) is 0 Å².